The van der Waals surface area contributed by atoms with Crippen LogP contribution in [0, 0.1) is 0 Å². The maximum atomic E-state index is 13.7. The van der Waals surface area contributed by atoms with Crippen molar-refractivity contribution in [2.45, 2.75) is 85.2 Å². The zero-order valence-electron chi connectivity index (χ0n) is 20.0. The summed E-state index contributed by atoms with van der Waals surface area (Å²) in [5.74, 6) is -0.249. The summed E-state index contributed by atoms with van der Waals surface area (Å²) in [4.78, 5) is 12.4. The van der Waals surface area contributed by atoms with E-state index in [9.17, 15) is 14.5 Å². The van der Waals surface area contributed by atoms with E-state index in [4.69, 9.17) is 13.8 Å². The molecule has 0 aliphatic rings. The van der Waals surface area contributed by atoms with E-state index in [0.717, 1.165) is 11.1 Å². The van der Waals surface area contributed by atoms with Gasteiger partial charge < -0.3 is 18.9 Å². The molecule has 0 saturated heterocycles. The van der Waals surface area contributed by atoms with Gasteiger partial charge in [0.25, 0.3) is 0 Å². The first-order valence-electron chi connectivity index (χ1n) is 10.6. The van der Waals surface area contributed by atoms with Gasteiger partial charge in [0.1, 0.15) is 5.75 Å². The molecule has 1 N–H and O–H groups in total. The Kier molecular flexibility index (Phi) is 9.16. The van der Waals surface area contributed by atoms with Crippen LogP contribution in [-0.4, -0.2) is 30.9 Å². The minimum atomic E-state index is -3.67. The van der Waals surface area contributed by atoms with Gasteiger partial charge in [-0.05, 0) is 48.3 Å². The molecule has 0 aromatic heterocycles. The largest absolute Gasteiger partial charge is 0.507 e. The number of phenolic OH excluding ortho intramolecular Hbond substituents is 1. The molecule has 172 valence electrons. The van der Waals surface area contributed by atoms with Crippen LogP contribution in [0.15, 0.2) is 12.1 Å². The second-order valence-corrected chi connectivity index (χ2v) is 11.6. The van der Waals surface area contributed by atoms with E-state index < -0.39 is 19.2 Å². The smallest absolute Gasteiger partial charge is 0.338 e. The number of ether oxygens (including phenoxy) is 1. The van der Waals surface area contributed by atoms with Crippen LogP contribution < -0.4 is 0 Å². The van der Waals surface area contributed by atoms with Gasteiger partial charge in [0.2, 0.25) is 0 Å². The molecule has 30 heavy (non-hydrogen) atoms. The zero-order valence-corrected chi connectivity index (χ0v) is 20.9. The van der Waals surface area contributed by atoms with Crippen molar-refractivity contribution >= 4 is 13.6 Å². The first kappa shape index (κ1) is 26.7. The van der Waals surface area contributed by atoms with Gasteiger partial charge in [0.15, 0.2) is 0 Å². The lowest BCUT2D eigenvalue weighted by molar-refractivity contribution is -0.143. The van der Waals surface area contributed by atoms with Crippen molar-refractivity contribution in [1.82, 2.24) is 0 Å². The van der Waals surface area contributed by atoms with Crippen molar-refractivity contribution < 1.29 is 28.3 Å². The number of aromatic hydroxyl groups is 1. The predicted octanol–water partition coefficient (Wildman–Crippen LogP) is 6.25. The SMILES string of the molecule is CCOC(=O)C[C@H](c1cc(C(C)(C)C)c(O)c(C(C)(C)C)c1)P(=O)(OCC)OCC. The quantitative estimate of drug-likeness (QED) is 0.360. The average Bonchev–Trinajstić information content (AvgIpc) is 2.58. The molecule has 1 aromatic rings. The summed E-state index contributed by atoms with van der Waals surface area (Å²) >= 11 is 0. The summed E-state index contributed by atoms with van der Waals surface area (Å²) in [5.41, 5.74) is 0.516. The molecule has 1 atom stereocenters. The molecule has 1 rings (SSSR count). The van der Waals surface area contributed by atoms with E-state index in [-0.39, 0.29) is 42.8 Å². The summed E-state index contributed by atoms with van der Waals surface area (Å²) in [7, 11) is -3.67. The molecule has 0 fully saturated rings. The Balaban J connectivity index is 3.81. The van der Waals surface area contributed by atoms with E-state index in [2.05, 4.69) is 0 Å². The Hall–Kier alpha value is -1.36. The summed E-state index contributed by atoms with van der Waals surface area (Å²) in [6, 6.07) is 3.64. The second kappa shape index (κ2) is 10.3. The van der Waals surface area contributed by atoms with Crippen molar-refractivity contribution in [3.63, 3.8) is 0 Å². The molecule has 0 bridgehead atoms. The van der Waals surface area contributed by atoms with E-state index in [1.54, 1.807) is 20.8 Å². The van der Waals surface area contributed by atoms with Gasteiger partial charge >= 0.3 is 13.6 Å². The fraction of sp³-hybridized carbons (Fsp3) is 0.696. The molecule has 7 heteroatoms. The molecule has 6 nitrogen and oxygen atoms in total. The molecule has 0 radical (unpaired) electrons. The van der Waals surface area contributed by atoms with Crippen LogP contribution in [0.25, 0.3) is 0 Å². The number of phenols is 1. The third-order valence-electron chi connectivity index (χ3n) is 4.80. The van der Waals surface area contributed by atoms with Crippen LogP contribution in [0.3, 0.4) is 0 Å². The predicted molar refractivity (Wildman–Crippen MR) is 120 cm³/mol. The number of hydrogen-bond acceptors (Lipinski definition) is 6. The molecule has 0 saturated carbocycles. The van der Waals surface area contributed by atoms with Crippen molar-refractivity contribution in [3.05, 3.63) is 28.8 Å². The zero-order chi connectivity index (χ0) is 23.3. The number of benzene rings is 1. The Morgan fingerprint density at radius 2 is 1.37 bits per heavy atom. The number of rotatable bonds is 9. The molecule has 0 amide bonds. The van der Waals surface area contributed by atoms with Gasteiger partial charge in [-0.1, -0.05) is 53.7 Å². The molecule has 0 aliphatic heterocycles. The summed E-state index contributed by atoms with van der Waals surface area (Å²) in [5, 5.41) is 11.0. The second-order valence-electron chi connectivity index (χ2n) is 9.36. The summed E-state index contributed by atoms with van der Waals surface area (Å²) in [6.07, 6.45) is -0.136. The highest BCUT2D eigenvalue weighted by Gasteiger charge is 2.40. The van der Waals surface area contributed by atoms with Gasteiger partial charge in [-0.2, -0.15) is 0 Å². The van der Waals surface area contributed by atoms with E-state index >= 15 is 0 Å². The topological polar surface area (TPSA) is 82.1 Å². The molecule has 0 spiro atoms. The fourth-order valence-electron chi connectivity index (χ4n) is 3.36. The van der Waals surface area contributed by atoms with Gasteiger partial charge in [-0.15, -0.1) is 0 Å². The molecule has 0 unspecified atom stereocenters. The highest BCUT2D eigenvalue weighted by Crippen LogP contribution is 2.63. The van der Waals surface area contributed by atoms with Crippen molar-refractivity contribution in [1.29, 1.82) is 0 Å². The Morgan fingerprint density at radius 3 is 1.70 bits per heavy atom. The minimum Gasteiger partial charge on any atom is -0.507 e. The van der Waals surface area contributed by atoms with Crippen LogP contribution in [-0.2, 0) is 34.0 Å². The molecular formula is C23H39O6P. The van der Waals surface area contributed by atoms with Crippen molar-refractivity contribution in [2.24, 2.45) is 0 Å². The summed E-state index contributed by atoms with van der Waals surface area (Å²) in [6.45, 7) is 17.8. The molecule has 1 aromatic carbocycles. The lowest BCUT2D eigenvalue weighted by Gasteiger charge is -2.31. The normalized spacial score (nSPS) is 13.9. The molecule has 0 aliphatic carbocycles. The maximum absolute atomic E-state index is 13.7. The van der Waals surface area contributed by atoms with Gasteiger partial charge in [0, 0.05) is 0 Å². The van der Waals surface area contributed by atoms with Crippen molar-refractivity contribution in [2.75, 3.05) is 19.8 Å². The van der Waals surface area contributed by atoms with Gasteiger partial charge in [-0.25, -0.2) is 0 Å². The number of hydrogen-bond donors (Lipinski definition) is 1. The number of carbonyl (C=O) groups excluding carboxylic acids is 1. The average molecular weight is 443 g/mol. The van der Waals surface area contributed by atoms with E-state index in [1.165, 1.54) is 0 Å². The van der Waals surface area contributed by atoms with E-state index in [1.807, 2.05) is 53.7 Å². The Morgan fingerprint density at radius 1 is 0.933 bits per heavy atom. The van der Waals surface area contributed by atoms with Crippen LogP contribution in [0.5, 0.6) is 5.75 Å². The molecule has 0 heterocycles. The van der Waals surface area contributed by atoms with Gasteiger partial charge in [-0.3, -0.25) is 9.36 Å². The molecular weight excluding hydrogens is 403 g/mol. The minimum absolute atomic E-state index is 0.136. The van der Waals surface area contributed by atoms with Crippen LogP contribution in [0.4, 0.5) is 0 Å². The lowest BCUT2D eigenvalue weighted by atomic mass is 9.78. The van der Waals surface area contributed by atoms with Gasteiger partial charge in [0.05, 0.1) is 31.9 Å². The monoisotopic (exact) mass is 442 g/mol. The van der Waals surface area contributed by atoms with Crippen LogP contribution in [0.1, 0.15) is 91.1 Å². The Labute approximate surface area is 181 Å². The van der Waals surface area contributed by atoms with E-state index in [0.29, 0.717) is 5.56 Å². The first-order valence-corrected chi connectivity index (χ1v) is 12.2. The standard InChI is InChI=1S/C23H39O6P/c1-10-27-20(24)15-19(30(26,28-11-2)29-12-3)16-13-17(22(4,5)6)21(25)18(14-16)23(7,8)9/h13-14,19,25H,10-12,15H2,1-9H3/t19-/m1/s1. The fourth-order valence-corrected chi connectivity index (χ4v) is 5.40. The van der Waals surface area contributed by atoms with Crippen molar-refractivity contribution in [3.8, 4) is 5.75 Å². The third-order valence-corrected chi connectivity index (χ3v) is 7.28. The highest BCUT2D eigenvalue weighted by atomic mass is 31.2. The Bertz CT molecular complexity index is 728. The number of carbonyl (C=O) groups is 1. The van der Waals surface area contributed by atoms with Crippen LogP contribution >= 0.6 is 7.60 Å². The summed E-state index contributed by atoms with van der Waals surface area (Å²) < 4.78 is 30.1. The van der Waals surface area contributed by atoms with Crippen LogP contribution in [0.2, 0.25) is 0 Å². The highest BCUT2D eigenvalue weighted by molar-refractivity contribution is 7.54. The maximum Gasteiger partial charge on any atom is 0.338 e. The number of esters is 1. The lowest BCUT2D eigenvalue weighted by Crippen LogP contribution is -2.20. The third kappa shape index (κ3) is 6.57. The first-order chi connectivity index (χ1) is 13.7.